The Balaban J connectivity index is 2.94. The highest BCUT2D eigenvalue weighted by atomic mass is 16.6. The number of amides is 1. The van der Waals surface area contributed by atoms with E-state index < -0.39 is 22.9 Å². The fraction of sp³-hybridized carbons (Fsp3) is 0.417. The van der Waals surface area contributed by atoms with Gasteiger partial charge in [-0.05, 0) is 13.0 Å². The second kappa shape index (κ2) is 6.14. The molecule has 3 N–H and O–H groups in total. The Morgan fingerprint density at radius 3 is 2.63 bits per heavy atom. The first-order valence-electron chi connectivity index (χ1n) is 5.71. The van der Waals surface area contributed by atoms with Gasteiger partial charge in [-0.3, -0.25) is 14.9 Å². The monoisotopic (exact) mass is 268 g/mol. The summed E-state index contributed by atoms with van der Waals surface area (Å²) in [5.41, 5.74) is 5.27. The van der Waals surface area contributed by atoms with E-state index in [2.05, 4.69) is 0 Å². The zero-order valence-corrected chi connectivity index (χ0v) is 10.7. The molecule has 0 saturated carbocycles. The van der Waals surface area contributed by atoms with Crippen molar-refractivity contribution >= 4 is 11.6 Å². The molecular formula is C12H16N2O5. The highest BCUT2D eigenvalue weighted by molar-refractivity contribution is 5.76. The van der Waals surface area contributed by atoms with Gasteiger partial charge >= 0.3 is 0 Å². The number of aliphatic hydroxyl groups excluding tert-OH is 1. The van der Waals surface area contributed by atoms with Crippen LogP contribution in [0, 0.1) is 16.0 Å². The predicted molar refractivity (Wildman–Crippen MR) is 67.6 cm³/mol. The first-order chi connectivity index (χ1) is 8.82. The number of rotatable bonds is 6. The van der Waals surface area contributed by atoms with Crippen LogP contribution >= 0.6 is 0 Å². The lowest BCUT2D eigenvalue weighted by Gasteiger charge is -2.15. The molecule has 0 bridgehead atoms. The molecular weight excluding hydrogens is 252 g/mol. The Hall–Kier alpha value is -2.15. The third kappa shape index (κ3) is 3.92. The summed E-state index contributed by atoms with van der Waals surface area (Å²) in [5.74, 6) is -0.689. The van der Waals surface area contributed by atoms with Crippen molar-refractivity contribution in [2.45, 2.75) is 20.0 Å². The van der Waals surface area contributed by atoms with Gasteiger partial charge in [0.2, 0.25) is 5.91 Å². The molecule has 1 aromatic carbocycles. The van der Waals surface area contributed by atoms with Gasteiger partial charge in [-0.15, -0.1) is 0 Å². The van der Waals surface area contributed by atoms with Gasteiger partial charge in [-0.1, -0.05) is 6.92 Å². The topological polar surface area (TPSA) is 116 Å². The van der Waals surface area contributed by atoms with Crippen molar-refractivity contribution < 1.29 is 19.6 Å². The van der Waals surface area contributed by atoms with Crippen LogP contribution < -0.4 is 10.5 Å². The molecule has 0 saturated heterocycles. The van der Waals surface area contributed by atoms with Gasteiger partial charge in [-0.2, -0.15) is 0 Å². The molecule has 7 nitrogen and oxygen atoms in total. The summed E-state index contributed by atoms with van der Waals surface area (Å²) in [6, 6.07) is 3.92. The third-order valence-corrected chi connectivity index (χ3v) is 2.63. The number of nitrogens with two attached hydrogens (primary N) is 1. The van der Waals surface area contributed by atoms with E-state index in [9.17, 15) is 20.0 Å². The highest BCUT2D eigenvalue weighted by Gasteiger charge is 2.17. The quantitative estimate of drug-likeness (QED) is 0.593. The van der Waals surface area contributed by atoms with E-state index in [1.54, 1.807) is 6.92 Å². The van der Waals surface area contributed by atoms with Gasteiger partial charge in [0.25, 0.3) is 5.69 Å². The maximum Gasteiger partial charge on any atom is 0.270 e. The van der Waals surface area contributed by atoms with Gasteiger partial charge < -0.3 is 15.6 Å². The normalized spacial score (nSPS) is 13.6. The van der Waals surface area contributed by atoms with Crippen LogP contribution in [0.15, 0.2) is 18.2 Å². The minimum absolute atomic E-state index is 0.0485. The Morgan fingerprint density at radius 1 is 1.53 bits per heavy atom. The molecule has 0 aromatic heterocycles. The van der Waals surface area contributed by atoms with Crippen molar-refractivity contribution in [1.29, 1.82) is 0 Å². The number of hydrogen-bond donors (Lipinski definition) is 2. The molecule has 0 heterocycles. The Labute approximate surface area is 110 Å². The molecule has 0 spiro atoms. The number of non-ortho nitro benzene ring substituents is 1. The van der Waals surface area contributed by atoms with Gasteiger partial charge in [0.1, 0.15) is 5.75 Å². The third-order valence-electron chi connectivity index (χ3n) is 2.63. The van der Waals surface area contributed by atoms with Gasteiger partial charge in [0.05, 0.1) is 23.6 Å². The van der Waals surface area contributed by atoms with E-state index >= 15 is 0 Å². The van der Waals surface area contributed by atoms with Crippen molar-refractivity contribution in [3.63, 3.8) is 0 Å². The van der Waals surface area contributed by atoms with Crippen LogP contribution in [-0.4, -0.2) is 22.5 Å². The molecule has 0 radical (unpaired) electrons. The summed E-state index contributed by atoms with van der Waals surface area (Å²) in [6.07, 6.45) is -0.918. The molecule has 2 atom stereocenters. The smallest absolute Gasteiger partial charge is 0.270 e. The number of benzene rings is 1. The first kappa shape index (κ1) is 14.9. The summed E-state index contributed by atoms with van der Waals surface area (Å²) < 4.78 is 5.37. The van der Waals surface area contributed by atoms with E-state index in [0.717, 1.165) is 0 Å². The fourth-order valence-electron chi connectivity index (χ4n) is 1.40. The number of carbonyl (C=O) groups excluding carboxylic acids is 1. The van der Waals surface area contributed by atoms with Crippen LogP contribution in [0.2, 0.25) is 0 Å². The van der Waals surface area contributed by atoms with E-state index in [-0.39, 0.29) is 12.3 Å². The molecule has 0 aliphatic carbocycles. The van der Waals surface area contributed by atoms with E-state index in [1.165, 1.54) is 25.1 Å². The Kier molecular flexibility index (Phi) is 4.82. The number of carbonyl (C=O) groups is 1. The molecule has 0 aliphatic heterocycles. The lowest BCUT2D eigenvalue weighted by atomic mass is 10.1. The van der Waals surface area contributed by atoms with E-state index in [1.807, 2.05) is 0 Å². The largest absolute Gasteiger partial charge is 0.492 e. The van der Waals surface area contributed by atoms with Crippen molar-refractivity contribution in [1.82, 2.24) is 0 Å². The van der Waals surface area contributed by atoms with Crippen LogP contribution in [0.3, 0.4) is 0 Å². The first-order valence-corrected chi connectivity index (χ1v) is 5.71. The molecule has 0 aliphatic rings. The van der Waals surface area contributed by atoms with Crippen molar-refractivity contribution in [2.24, 2.45) is 11.7 Å². The van der Waals surface area contributed by atoms with Crippen molar-refractivity contribution in [3.05, 3.63) is 33.9 Å². The zero-order chi connectivity index (χ0) is 14.6. The number of hydrogen-bond acceptors (Lipinski definition) is 5. The van der Waals surface area contributed by atoms with Crippen LogP contribution in [-0.2, 0) is 4.79 Å². The minimum atomic E-state index is -0.918. The van der Waals surface area contributed by atoms with E-state index in [0.29, 0.717) is 11.3 Å². The second-order valence-corrected chi connectivity index (χ2v) is 4.27. The average molecular weight is 268 g/mol. The SMILES string of the molecule is CC(COc1ccc([N+](=O)[O-])cc1[C@@H](C)O)C(N)=O. The summed E-state index contributed by atoms with van der Waals surface area (Å²) >= 11 is 0. The van der Waals surface area contributed by atoms with Gasteiger partial charge in [-0.25, -0.2) is 0 Å². The summed E-state index contributed by atoms with van der Waals surface area (Å²) in [7, 11) is 0. The average Bonchev–Trinajstić information content (AvgIpc) is 2.35. The standard InChI is InChI=1S/C12H16N2O5/c1-7(12(13)16)6-19-11-4-3-9(14(17)18)5-10(11)8(2)15/h3-5,7-8,15H,6H2,1-2H3,(H2,13,16)/t7?,8-/m1/s1. The van der Waals surface area contributed by atoms with Crippen LogP contribution in [0.25, 0.3) is 0 Å². The van der Waals surface area contributed by atoms with Crippen LogP contribution in [0.5, 0.6) is 5.75 Å². The van der Waals surface area contributed by atoms with Crippen LogP contribution in [0.1, 0.15) is 25.5 Å². The van der Waals surface area contributed by atoms with Crippen molar-refractivity contribution in [3.8, 4) is 5.75 Å². The number of nitro benzene ring substituents is 1. The van der Waals surface area contributed by atoms with Gasteiger partial charge in [0.15, 0.2) is 0 Å². The minimum Gasteiger partial charge on any atom is -0.492 e. The lowest BCUT2D eigenvalue weighted by molar-refractivity contribution is -0.385. The summed E-state index contributed by atoms with van der Waals surface area (Å²) in [5, 5.41) is 20.3. The van der Waals surface area contributed by atoms with Gasteiger partial charge in [0, 0.05) is 17.7 Å². The second-order valence-electron chi connectivity index (χ2n) is 4.27. The molecule has 19 heavy (non-hydrogen) atoms. The molecule has 0 fully saturated rings. The van der Waals surface area contributed by atoms with Crippen molar-refractivity contribution in [2.75, 3.05) is 6.61 Å². The molecule has 1 aromatic rings. The highest BCUT2D eigenvalue weighted by Crippen LogP contribution is 2.29. The number of aliphatic hydroxyl groups is 1. The molecule has 104 valence electrons. The lowest BCUT2D eigenvalue weighted by Crippen LogP contribution is -2.26. The molecule has 1 rings (SSSR count). The van der Waals surface area contributed by atoms with Crippen LogP contribution in [0.4, 0.5) is 5.69 Å². The number of primary amides is 1. The number of nitrogens with zero attached hydrogens (tertiary/aromatic N) is 1. The number of nitro groups is 1. The molecule has 1 amide bonds. The predicted octanol–water partition coefficient (Wildman–Crippen LogP) is 1.15. The molecule has 7 heteroatoms. The maximum absolute atomic E-state index is 10.9. The Bertz CT molecular complexity index is 487. The fourth-order valence-corrected chi connectivity index (χ4v) is 1.40. The summed E-state index contributed by atoms with van der Waals surface area (Å²) in [4.78, 5) is 21.0. The van der Waals surface area contributed by atoms with E-state index in [4.69, 9.17) is 10.5 Å². The Morgan fingerprint density at radius 2 is 2.16 bits per heavy atom. The molecule has 1 unspecified atom stereocenters. The number of ether oxygens (including phenoxy) is 1. The summed E-state index contributed by atoms with van der Waals surface area (Å²) in [6.45, 7) is 3.13. The zero-order valence-electron chi connectivity index (χ0n) is 10.7. The maximum atomic E-state index is 10.9.